The Kier molecular flexibility index (Phi) is 4.64. The van der Waals surface area contributed by atoms with Crippen molar-refractivity contribution in [3.8, 4) is 0 Å². The van der Waals surface area contributed by atoms with Crippen LogP contribution in [0.15, 0.2) is 0 Å². The van der Waals surface area contributed by atoms with E-state index in [4.69, 9.17) is 4.98 Å². The van der Waals surface area contributed by atoms with Crippen molar-refractivity contribution in [1.82, 2.24) is 9.88 Å². The van der Waals surface area contributed by atoms with Gasteiger partial charge in [-0.25, -0.2) is 4.98 Å². The predicted octanol–water partition coefficient (Wildman–Crippen LogP) is 3.16. The molecule has 0 saturated carbocycles. The van der Waals surface area contributed by atoms with Gasteiger partial charge in [-0.2, -0.15) is 0 Å². The molecule has 1 aromatic heterocycles. The molecule has 0 aliphatic carbocycles. The number of thiazole rings is 1. The fraction of sp³-hybridized carbons (Fsp3) is 0.800. The van der Waals surface area contributed by atoms with Crippen molar-refractivity contribution in [2.24, 2.45) is 5.92 Å². The summed E-state index contributed by atoms with van der Waals surface area (Å²) in [4.78, 5) is 8.25. The van der Waals surface area contributed by atoms with Crippen LogP contribution in [-0.4, -0.2) is 28.1 Å². The van der Waals surface area contributed by atoms with Crippen molar-refractivity contribution in [2.75, 3.05) is 13.1 Å². The summed E-state index contributed by atoms with van der Waals surface area (Å²) in [7, 11) is 0. The van der Waals surface area contributed by atoms with Crippen LogP contribution in [0.5, 0.6) is 0 Å². The van der Waals surface area contributed by atoms with E-state index in [1.807, 2.05) is 13.8 Å². The van der Waals surface area contributed by atoms with Crippen molar-refractivity contribution in [3.63, 3.8) is 0 Å². The minimum absolute atomic E-state index is 0.766. The normalized spacial score (nSPS) is 19.0. The molecule has 1 aliphatic heterocycles. The van der Waals surface area contributed by atoms with Crippen LogP contribution in [0.25, 0.3) is 0 Å². The molecule has 4 heteroatoms. The van der Waals surface area contributed by atoms with Gasteiger partial charge >= 0.3 is 0 Å². The van der Waals surface area contributed by atoms with E-state index in [0.29, 0.717) is 0 Å². The number of hydrogen-bond donors (Lipinski definition) is 1. The van der Waals surface area contributed by atoms with E-state index in [0.717, 1.165) is 34.5 Å². The van der Waals surface area contributed by atoms with Crippen LogP contribution in [0.1, 0.15) is 56.1 Å². The van der Waals surface area contributed by atoms with Crippen molar-refractivity contribution >= 4 is 11.3 Å². The van der Waals surface area contributed by atoms with E-state index in [2.05, 4.69) is 18.7 Å². The number of piperidine rings is 1. The van der Waals surface area contributed by atoms with E-state index in [-0.39, 0.29) is 0 Å². The lowest BCUT2D eigenvalue weighted by Crippen LogP contribution is -2.32. The van der Waals surface area contributed by atoms with Gasteiger partial charge in [-0.1, -0.05) is 13.8 Å². The van der Waals surface area contributed by atoms with E-state index in [1.54, 1.807) is 11.3 Å². The zero-order valence-corrected chi connectivity index (χ0v) is 13.4. The predicted molar refractivity (Wildman–Crippen MR) is 80.4 cm³/mol. The van der Waals surface area contributed by atoms with E-state index in [1.165, 1.54) is 25.9 Å². The first-order valence-electron chi connectivity index (χ1n) is 7.34. The molecule has 1 aromatic rings. The van der Waals surface area contributed by atoms with Gasteiger partial charge in [0.15, 0.2) is 0 Å². The molecule has 0 bridgehead atoms. The lowest BCUT2D eigenvalue weighted by atomic mass is 9.99. The third-order valence-electron chi connectivity index (χ3n) is 3.87. The van der Waals surface area contributed by atoms with Gasteiger partial charge in [-0.15, -0.1) is 11.3 Å². The van der Waals surface area contributed by atoms with Gasteiger partial charge in [0.2, 0.25) is 0 Å². The number of likely N-dealkylation sites (tertiary alicyclic amines) is 1. The molecular weight excluding hydrogens is 256 g/mol. The van der Waals surface area contributed by atoms with Crippen molar-refractivity contribution in [3.05, 3.63) is 15.6 Å². The molecule has 0 spiro atoms. The minimum Gasteiger partial charge on any atom is -0.385 e. The van der Waals surface area contributed by atoms with Gasteiger partial charge in [0.05, 0.1) is 22.7 Å². The van der Waals surface area contributed by atoms with Gasteiger partial charge in [-0.05, 0) is 52.1 Å². The monoisotopic (exact) mass is 282 g/mol. The number of aromatic nitrogens is 1. The molecule has 2 heterocycles. The first-order valence-corrected chi connectivity index (χ1v) is 8.15. The Morgan fingerprint density at radius 1 is 1.37 bits per heavy atom. The van der Waals surface area contributed by atoms with Gasteiger partial charge in [0.25, 0.3) is 0 Å². The molecule has 1 fully saturated rings. The smallest absolute Gasteiger partial charge is 0.107 e. The number of hydrogen-bond acceptors (Lipinski definition) is 4. The average Bonchev–Trinajstić information content (AvgIpc) is 2.75. The van der Waals surface area contributed by atoms with E-state index >= 15 is 0 Å². The summed E-state index contributed by atoms with van der Waals surface area (Å²) < 4.78 is 0. The summed E-state index contributed by atoms with van der Waals surface area (Å²) in [5.41, 5.74) is 0.301. The molecule has 1 aliphatic rings. The van der Waals surface area contributed by atoms with Crippen LogP contribution < -0.4 is 0 Å². The molecule has 1 N–H and O–H groups in total. The summed E-state index contributed by atoms with van der Waals surface area (Å²) in [5, 5.41) is 11.4. The number of nitrogens with zero attached hydrogens (tertiary/aromatic N) is 2. The summed E-state index contributed by atoms with van der Waals surface area (Å²) in [6.07, 6.45) is 3.49. The topological polar surface area (TPSA) is 36.4 Å². The molecule has 0 amide bonds. The fourth-order valence-corrected chi connectivity index (χ4v) is 3.79. The molecule has 0 atom stereocenters. The lowest BCUT2D eigenvalue weighted by molar-refractivity contribution is 0.0814. The quantitative estimate of drug-likeness (QED) is 0.921. The molecule has 0 aromatic carbocycles. The second-order valence-electron chi connectivity index (χ2n) is 6.25. The Balaban J connectivity index is 2.07. The zero-order chi connectivity index (χ0) is 14.0. The summed E-state index contributed by atoms with van der Waals surface area (Å²) in [5.74, 6) is 0.866. The number of rotatable bonds is 4. The molecular formula is C15H26N2OS. The summed E-state index contributed by atoms with van der Waals surface area (Å²) >= 11 is 1.68. The zero-order valence-electron chi connectivity index (χ0n) is 12.6. The van der Waals surface area contributed by atoms with Crippen LogP contribution in [-0.2, 0) is 18.6 Å². The second kappa shape index (κ2) is 5.90. The van der Waals surface area contributed by atoms with Gasteiger partial charge in [0, 0.05) is 0 Å². The van der Waals surface area contributed by atoms with Gasteiger partial charge in [0.1, 0.15) is 5.01 Å². The maximum absolute atomic E-state index is 10.2. The van der Waals surface area contributed by atoms with Crippen molar-refractivity contribution in [2.45, 2.75) is 59.1 Å². The van der Waals surface area contributed by atoms with Crippen molar-refractivity contribution < 1.29 is 5.11 Å². The van der Waals surface area contributed by atoms with E-state index < -0.39 is 5.60 Å². The standard InChI is InChI=1S/C15H26N2OS/c1-5-12-14(15(3,4)18)19-13(16-12)10-17-8-6-11(2)7-9-17/h11,18H,5-10H2,1-4H3. The molecule has 1 saturated heterocycles. The molecule has 3 nitrogen and oxygen atoms in total. The Morgan fingerprint density at radius 2 is 2.00 bits per heavy atom. The van der Waals surface area contributed by atoms with E-state index in [9.17, 15) is 5.11 Å². The third-order valence-corrected chi connectivity index (χ3v) is 5.26. The maximum Gasteiger partial charge on any atom is 0.107 e. The minimum atomic E-state index is -0.766. The molecule has 19 heavy (non-hydrogen) atoms. The Hall–Kier alpha value is -0.450. The number of aryl methyl sites for hydroxylation is 1. The Labute approximate surface area is 120 Å². The number of aliphatic hydroxyl groups is 1. The SMILES string of the molecule is CCc1nc(CN2CCC(C)CC2)sc1C(C)(C)O. The molecule has 2 rings (SSSR count). The average molecular weight is 282 g/mol. The first-order chi connectivity index (χ1) is 8.90. The Bertz CT molecular complexity index is 414. The van der Waals surface area contributed by atoms with Crippen LogP contribution in [0, 0.1) is 5.92 Å². The van der Waals surface area contributed by atoms with Crippen LogP contribution in [0.2, 0.25) is 0 Å². The van der Waals surface area contributed by atoms with Crippen LogP contribution in [0.3, 0.4) is 0 Å². The summed E-state index contributed by atoms with van der Waals surface area (Å²) in [6, 6.07) is 0. The van der Waals surface area contributed by atoms with Crippen molar-refractivity contribution in [1.29, 1.82) is 0 Å². The molecule has 0 radical (unpaired) electrons. The van der Waals surface area contributed by atoms with Gasteiger partial charge < -0.3 is 5.11 Å². The fourth-order valence-electron chi connectivity index (χ4n) is 2.60. The van der Waals surface area contributed by atoms with Crippen LogP contribution >= 0.6 is 11.3 Å². The highest BCUT2D eigenvalue weighted by molar-refractivity contribution is 7.11. The third kappa shape index (κ3) is 3.77. The lowest BCUT2D eigenvalue weighted by Gasteiger charge is -2.29. The highest BCUT2D eigenvalue weighted by atomic mass is 32.1. The Morgan fingerprint density at radius 3 is 2.47 bits per heavy atom. The highest BCUT2D eigenvalue weighted by Gasteiger charge is 2.25. The second-order valence-corrected chi connectivity index (χ2v) is 7.34. The highest BCUT2D eigenvalue weighted by Crippen LogP contribution is 2.31. The maximum atomic E-state index is 10.2. The summed E-state index contributed by atoms with van der Waals surface area (Å²) in [6.45, 7) is 11.5. The molecule has 108 valence electrons. The van der Waals surface area contributed by atoms with Gasteiger partial charge in [-0.3, -0.25) is 4.90 Å². The molecule has 0 unspecified atom stereocenters. The largest absolute Gasteiger partial charge is 0.385 e. The first kappa shape index (κ1) is 14.9. The van der Waals surface area contributed by atoms with Crippen LogP contribution in [0.4, 0.5) is 0 Å².